The lowest BCUT2D eigenvalue weighted by Gasteiger charge is -2.26. The van der Waals surface area contributed by atoms with Gasteiger partial charge < -0.3 is 9.47 Å². The Morgan fingerprint density at radius 3 is 2.51 bits per heavy atom. The van der Waals surface area contributed by atoms with E-state index in [4.69, 9.17) is 9.47 Å². The van der Waals surface area contributed by atoms with Gasteiger partial charge in [0.15, 0.2) is 0 Å². The number of hydrogen-bond donors (Lipinski definition) is 1. The van der Waals surface area contributed by atoms with E-state index in [0.717, 1.165) is 32.8 Å². The number of ether oxygens (including phenoxy) is 2. The van der Waals surface area contributed by atoms with Gasteiger partial charge in [-0.05, 0) is 54.8 Å². The molecule has 2 aromatic carbocycles. The third kappa shape index (κ3) is 5.61. The molecule has 204 valence electrons. The van der Waals surface area contributed by atoms with Gasteiger partial charge in [0, 0.05) is 43.1 Å². The maximum Gasteiger partial charge on any atom is 0.235 e. The Labute approximate surface area is 225 Å². The standard InChI is InChI=1S/C28H28F2N4O4S/c29-24-2-1-3-25(30)28(24)20-14-19(15-21(16-20)32-39(35,36)23-4-5-23)26-18-31-27-17-22(6-7-34(26)27)38-13-10-33-8-11-37-12-9-33/h1-3,6-7,14-18,23,32H,4-5,8-13H2. The maximum absolute atomic E-state index is 14.7. The van der Waals surface area contributed by atoms with Gasteiger partial charge in [0.25, 0.3) is 0 Å². The van der Waals surface area contributed by atoms with Crippen molar-refractivity contribution in [1.29, 1.82) is 0 Å². The van der Waals surface area contributed by atoms with Crippen LogP contribution >= 0.6 is 0 Å². The van der Waals surface area contributed by atoms with Gasteiger partial charge in [-0.2, -0.15) is 0 Å². The van der Waals surface area contributed by atoms with E-state index < -0.39 is 26.9 Å². The third-order valence-corrected chi connectivity index (χ3v) is 8.84. The molecule has 2 fully saturated rings. The van der Waals surface area contributed by atoms with E-state index in [0.29, 0.717) is 42.1 Å². The Hall–Kier alpha value is -3.54. The first-order valence-electron chi connectivity index (χ1n) is 12.9. The summed E-state index contributed by atoms with van der Waals surface area (Å²) in [7, 11) is -3.60. The lowest BCUT2D eigenvalue weighted by Crippen LogP contribution is -2.38. The lowest BCUT2D eigenvalue weighted by atomic mass is 10.00. The van der Waals surface area contributed by atoms with Crippen LogP contribution in [-0.4, -0.2) is 67.4 Å². The second-order valence-electron chi connectivity index (χ2n) is 9.78. The van der Waals surface area contributed by atoms with Crippen LogP contribution in [0, 0.1) is 11.6 Å². The molecule has 0 bridgehead atoms. The molecule has 0 spiro atoms. The minimum absolute atomic E-state index is 0.217. The number of hydrogen-bond acceptors (Lipinski definition) is 6. The fourth-order valence-electron chi connectivity index (χ4n) is 4.76. The summed E-state index contributed by atoms with van der Waals surface area (Å²) in [6.45, 7) is 4.58. The first kappa shape index (κ1) is 25.7. The van der Waals surface area contributed by atoms with E-state index >= 15 is 0 Å². The number of anilines is 1. The van der Waals surface area contributed by atoms with Crippen molar-refractivity contribution in [1.82, 2.24) is 14.3 Å². The predicted molar refractivity (Wildman–Crippen MR) is 144 cm³/mol. The van der Waals surface area contributed by atoms with Crippen molar-refractivity contribution in [3.05, 3.63) is 72.6 Å². The van der Waals surface area contributed by atoms with Crippen LogP contribution in [0.5, 0.6) is 5.75 Å². The molecule has 0 radical (unpaired) electrons. The van der Waals surface area contributed by atoms with Crippen molar-refractivity contribution in [2.45, 2.75) is 18.1 Å². The van der Waals surface area contributed by atoms with E-state index in [-0.39, 0.29) is 16.8 Å². The number of halogens is 2. The fraction of sp³-hybridized carbons (Fsp3) is 0.321. The summed E-state index contributed by atoms with van der Waals surface area (Å²) in [5.41, 5.74) is 2.03. The second kappa shape index (κ2) is 10.6. The smallest absolute Gasteiger partial charge is 0.235 e. The Kier molecular flexibility index (Phi) is 6.96. The van der Waals surface area contributed by atoms with Gasteiger partial charge in [-0.25, -0.2) is 22.2 Å². The van der Waals surface area contributed by atoms with Gasteiger partial charge in [-0.1, -0.05) is 6.07 Å². The van der Waals surface area contributed by atoms with Crippen LogP contribution in [0.25, 0.3) is 28.0 Å². The molecule has 1 N–H and O–H groups in total. The number of morpholine rings is 1. The van der Waals surface area contributed by atoms with Crippen molar-refractivity contribution in [2.24, 2.45) is 0 Å². The first-order chi connectivity index (χ1) is 18.9. The Morgan fingerprint density at radius 1 is 1.03 bits per heavy atom. The van der Waals surface area contributed by atoms with E-state index in [1.807, 2.05) is 22.7 Å². The van der Waals surface area contributed by atoms with Crippen LogP contribution in [0.2, 0.25) is 0 Å². The quantitative estimate of drug-likeness (QED) is 0.327. The van der Waals surface area contributed by atoms with Gasteiger partial charge in [-0.3, -0.25) is 14.0 Å². The molecule has 39 heavy (non-hydrogen) atoms. The van der Waals surface area contributed by atoms with Crippen LogP contribution in [0.3, 0.4) is 0 Å². The molecule has 1 saturated heterocycles. The van der Waals surface area contributed by atoms with Crippen LogP contribution in [0.1, 0.15) is 12.8 Å². The number of imidazole rings is 1. The zero-order valence-electron chi connectivity index (χ0n) is 21.1. The summed E-state index contributed by atoms with van der Waals surface area (Å²) in [5, 5.41) is -0.452. The number of pyridine rings is 1. The largest absolute Gasteiger partial charge is 0.492 e. The Bertz CT molecular complexity index is 1600. The number of sulfonamides is 1. The molecule has 3 heterocycles. The highest BCUT2D eigenvalue weighted by atomic mass is 32.2. The topological polar surface area (TPSA) is 85.2 Å². The molecular formula is C28H28F2N4O4S. The number of aromatic nitrogens is 2. The lowest BCUT2D eigenvalue weighted by molar-refractivity contribution is 0.0322. The molecule has 1 aliphatic heterocycles. The Balaban J connectivity index is 1.32. The molecule has 2 aliphatic rings. The van der Waals surface area contributed by atoms with Crippen molar-refractivity contribution in [3.63, 3.8) is 0 Å². The minimum Gasteiger partial charge on any atom is -0.492 e. The number of nitrogens with one attached hydrogen (secondary N) is 1. The first-order valence-corrected chi connectivity index (χ1v) is 14.4. The van der Waals surface area contributed by atoms with Crippen LogP contribution in [-0.2, 0) is 14.8 Å². The molecule has 2 aromatic heterocycles. The predicted octanol–water partition coefficient (Wildman–Crippen LogP) is 4.56. The highest BCUT2D eigenvalue weighted by molar-refractivity contribution is 7.93. The Morgan fingerprint density at radius 2 is 1.77 bits per heavy atom. The second-order valence-corrected chi connectivity index (χ2v) is 11.7. The molecule has 0 amide bonds. The van der Waals surface area contributed by atoms with E-state index in [2.05, 4.69) is 14.6 Å². The van der Waals surface area contributed by atoms with Gasteiger partial charge >= 0.3 is 0 Å². The number of benzene rings is 2. The number of fused-ring (bicyclic) bond motifs is 1. The van der Waals surface area contributed by atoms with Crippen LogP contribution in [0.15, 0.2) is 60.9 Å². The summed E-state index contributed by atoms with van der Waals surface area (Å²) in [6, 6.07) is 12.0. The van der Waals surface area contributed by atoms with Gasteiger partial charge in [-0.15, -0.1) is 0 Å². The molecule has 0 atom stereocenters. The monoisotopic (exact) mass is 554 g/mol. The van der Waals surface area contributed by atoms with Crippen molar-refractivity contribution in [2.75, 3.05) is 44.2 Å². The van der Waals surface area contributed by atoms with Gasteiger partial charge in [0.2, 0.25) is 10.0 Å². The molecule has 8 nitrogen and oxygen atoms in total. The average Bonchev–Trinajstić information content (AvgIpc) is 3.70. The summed E-state index contributed by atoms with van der Waals surface area (Å²) < 4.78 is 70.5. The molecular weight excluding hydrogens is 526 g/mol. The highest BCUT2D eigenvalue weighted by Crippen LogP contribution is 2.36. The third-order valence-electron chi connectivity index (χ3n) is 6.97. The minimum atomic E-state index is -3.60. The molecule has 1 aliphatic carbocycles. The molecule has 6 rings (SSSR count). The summed E-state index contributed by atoms with van der Waals surface area (Å²) in [4.78, 5) is 6.79. The van der Waals surface area contributed by atoms with Crippen molar-refractivity contribution in [3.8, 4) is 28.1 Å². The normalized spacial score (nSPS) is 16.5. The summed E-state index contributed by atoms with van der Waals surface area (Å²) in [5.74, 6) is -0.798. The maximum atomic E-state index is 14.7. The van der Waals surface area contributed by atoms with E-state index in [1.165, 1.54) is 24.3 Å². The van der Waals surface area contributed by atoms with Gasteiger partial charge in [0.1, 0.15) is 29.6 Å². The molecule has 11 heteroatoms. The fourth-order valence-corrected chi connectivity index (χ4v) is 6.13. The van der Waals surface area contributed by atoms with Gasteiger partial charge in [0.05, 0.1) is 35.9 Å². The number of rotatable bonds is 9. The van der Waals surface area contributed by atoms with Crippen LogP contribution < -0.4 is 9.46 Å². The molecule has 1 saturated carbocycles. The zero-order chi connectivity index (χ0) is 27.0. The SMILES string of the molecule is O=S(=O)(Nc1cc(-c2c(F)cccc2F)cc(-c2cnc3cc(OCCN4CCOCC4)ccn23)c1)C1CC1. The molecule has 4 aromatic rings. The highest BCUT2D eigenvalue weighted by Gasteiger charge is 2.36. The summed E-state index contributed by atoms with van der Waals surface area (Å²) >= 11 is 0. The summed E-state index contributed by atoms with van der Waals surface area (Å²) in [6.07, 6.45) is 4.64. The molecule has 0 unspecified atom stereocenters. The van der Waals surface area contributed by atoms with Crippen LogP contribution in [0.4, 0.5) is 14.5 Å². The van der Waals surface area contributed by atoms with E-state index in [9.17, 15) is 17.2 Å². The van der Waals surface area contributed by atoms with Crippen molar-refractivity contribution >= 4 is 21.4 Å². The average molecular weight is 555 g/mol. The number of nitrogens with zero attached hydrogens (tertiary/aromatic N) is 3. The van der Waals surface area contributed by atoms with E-state index in [1.54, 1.807) is 18.3 Å². The zero-order valence-corrected chi connectivity index (χ0v) is 22.0. The van der Waals surface area contributed by atoms with Crippen molar-refractivity contribution < 1.29 is 26.7 Å².